The number of benzene rings is 3. The summed E-state index contributed by atoms with van der Waals surface area (Å²) < 4.78 is 43.1. The summed E-state index contributed by atoms with van der Waals surface area (Å²) in [5.74, 6) is -2.26. The van der Waals surface area contributed by atoms with Gasteiger partial charge in [-0.15, -0.1) is 0 Å². The molecule has 1 atom stereocenters. The Morgan fingerprint density at radius 2 is 1.81 bits per heavy atom. The lowest BCUT2D eigenvalue weighted by molar-refractivity contribution is -0.119. The number of ether oxygens (including phenoxy) is 1. The van der Waals surface area contributed by atoms with E-state index < -0.39 is 11.6 Å². The Morgan fingerprint density at radius 3 is 2.50 bits per heavy atom. The number of hydrogen-bond donors (Lipinski definition) is 2. The monoisotopic (exact) mass is 460 g/mol. The molecule has 0 unspecified atom stereocenters. The van der Waals surface area contributed by atoms with Gasteiger partial charge in [0.05, 0.1) is 7.11 Å². The minimum Gasteiger partial charge on any atom is -0.493 e. The molecule has 1 aliphatic carbocycles. The highest BCUT2D eigenvalue weighted by Gasteiger charge is 2.27. The number of hydrogen-bond acceptors (Lipinski definition) is 4. The number of carbonyl (C=O) groups excluding carboxylic acids is 1. The van der Waals surface area contributed by atoms with Crippen LogP contribution in [0.1, 0.15) is 16.7 Å². The van der Waals surface area contributed by atoms with Gasteiger partial charge in [0.15, 0.2) is 11.6 Å². The fourth-order valence-corrected chi connectivity index (χ4v) is 3.89. The van der Waals surface area contributed by atoms with Gasteiger partial charge in [0, 0.05) is 16.5 Å². The van der Waals surface area contributed by atoms with Crippen molar-refractivity contribution in [3.8, 4) is 5.75 Å². The van der Waals surface area contributed by atoms with Crippen LogP contribution >= 0.6 is 11.9 Å². The number of aryl methyl sites for hydroxylation is 1. The average Bonchev–Trinajstić information content (AvgIpc) is 3.21. The molecule has 8 heteroatoms. The molecule has 0 aromatic heterocycles. The van der Waals surface area contributed by atoms with Crippen LogP contribution < -0.4 is 15.2 Å². The van der Waals surface area contributed by atoms with Crippen LogP contribution in [0.2, 0.25) is 0 Å². The van der Waals surface area contributed by atoms with Crippen LogP contribution in [0.3, 0.4) is 0 Å². The molecule has 0 radical (unpaired) electrons. The zero-order valence-corrected chi connectivity index (χ0v) is 18.4. The maximum Gasteiger partial charge on any atom is 0.228 e. The molecule has 4 nitrogen and oxygen atoms in total. The first-order valence-corrected chi connectivity index (χ1v) is 10.7. The van der Waals surface area contributed by atoms with E-state index in [4.69, 9.17) is 5.14 Å². The quantitative estimate of drug-likeness (QED) is 0.510. The zero-order valence-electron chi connectivity index (χ0n) is 17.6. The van der Waals surface area contributed by atoms with E-state index in [-0.39, 0.29) is 23.4 Å². The average molecular weight is 461 g/mol. The van der Waals surface area contributed by atoms with Gasteiger partial charge in [0.1, 0.15) is 5.82 Å². The van der Waals surface area contributed by atoms with E-state index in [1.807, 2.05) is 24.3 Å². The van der Waals surface area contributed by atoms with E-state index in [9.17, 15) is 18.0 Å². The summed E-state index contributed by atoms with van der Waals surface area (Å²) in [6, 6.07) is 14.7. The number of amides is 1. The Hall–Kier alpha value is -2.97. The van der Waals surface area contributed by atoms with E-state index >= 15 is 0 Å². The maximum absolute atomic E-state index is 13.2. The summed E-state index contributed by atoms with van der Waals surface area (Å²) >= 11 is 1.14. The number of methoxy groups -OCH3 is 1. The smallest absolute Gasteiger partial charge is 0.228 e. The normalized spacial score (nSPS) is 14.2. The van der Waals surface area contributed by atoms with E-state index in [0.717, 1.165) is 39.7 Å². The van der Waals surface area contributed by atoms with E-state index in [1.165, 1.54) is 25.3 Å². The molecule has 0 heterocycles. The third kappa shape index (κ3) is 5.63. The molecule has 1 amide bonds. The molecule has 0 aliphatic heterocycles. The Labute approximate surface area is 189 Å². The summed E-state index contributed by atoms with van der Waals surface area (Å²) in [6.07, 6.45) is 1.25. The van der Waals surface area contributed by atoms with Crippen LogP contribution in [0.4, 0.5) is 18.9 Å². The predicted octanol–water partition coefficient (Wildman–Crippen LogP) is 5.43. The van der Waals surface area contributed by atoms with Crippen LogP contribution in [0.5, 0.6) is 5.75 Å². The van der Waals surface area contributed by atoms with Crippen molar-refractivity contribution in [1.29, 1.82) is 0 Å². The van der Waals surface area contributed by atoms with E-state index in [2.05, 4.69) is 10.1 Å². The number of carbonyl (C=O) groups is 1. The molecule has 32 heavy (non-hydrogen) atoms. The van der Waals surface area contributed by atoms with Crippen LogP contribution in [0, 0.1) is 30.3 Å². The summed E-state index contributed by atoms with van der Waals surface area (Å²) in [7, 11) is 1.31. The van der Waals surface area contributed by atoms with Crippen LogP contribution in [-0.2, 0) is 17.6 Å². The molecule has 0 bridgehead atoms. The highest BCUT2D eigenvalue weighted by Crippen LogP contribution is 2.29. The molecule has 3 aromatic rings. The second kappa shape index (κ2) is 10.6. The predicted molar refractivity (Wildman–Crippen MR) is 120 cm³/mol. The molecule has 0 saturated carbocycles. The fraction of sp³-hybridized carbons (Fsp3) is 0.208. The Morgan fingerprint density at radius 1 is 1.06 bits per heavy atom. The molecule has 3 N–H and O–H groups in total. The standard InChI is InChI=1S/C16H15FN2OS.C8H8F2O/c17-13-5-4-10-6-12(7-11(10)8-13)16(20)19-14-2-1-3-15(9-14)21-18;1-5-3-4-6(9)7(10)8(5)11-2/h1-5,8-9,12H,6-7,18H2,(H,19,20);3-4H,1-2H3/t12-;/m0./s1. The Kier molecular flexibility index (Phi) is 7.82. The topological polar surface area (TPSA) is 64.3 Å². The second-order valence-electron chi connectivity index (χ2n) is 7.36. The van der Waals surface area contributed by atoms with Crippen molar-refractivity contribution in [3.05, 3.63) is 88.7 Å². The van der Waals surface area contributed by atoms with Gasteiger partial charge in [-0.1, -0.05) is 18.2 Å². The highest BCUT2D eigenvalue weighted by atomic mass is 32.2. The SMILES string of the molecule is COc1c(C)ccc(F)c1F.NSc1cccc(NC(=O)[C@H]2Cc3ccc(F)cc3C2)c1. The van der Waals surface area contributed by atoms with Crippen LogP contribution in [-0.4, -0.2) is 13.0 Å². The van der Waals surface area contributed by atoms with E-state index in [1.54, 1.807) is 13.0 Å². The number of nitrogens with one attached hydrogen (secondary N) is 1. The molecule has 168 valence electrons. The minimum atomic E-state index is -0.924. The fourth-order valence-electron chi connectivity index (χ4n) is 3.54. The third-order valence-electron chi connectivity index (χ3n) is 5.16. The summed E-state index contributed by atoms with van der Waals surface area (Å²) in [6.45, 7) is 1.65. The number of nitrogens with two attached hydrogens (primary N) is 1. The lowest BCUT2D eigenvalue weighted by Gasteiger charge is -2.11. The van der Waals surface area contributed by atoms with E-state index in [0.29, 0.717) is 18.4 Å². The number of halogens is 3. The van der Waals surface area contributed by atoms with Gasteiger partial charge < -0.3 is 10.1 Å². The highest BCUT2D eigenvalue weighted by molar-refractivity contribution is 7.97. The first kappa shape index (κ1) is 23.7. The van der Waals surface area contributed by atoms with Crippen LogP contribution in [0.15, 0.2) is 59.5 Å². The second-order valence-corrected chi connectivity index (χ2v) is 8.07. The Balaban J connectivity index is 0.000000222. The van der Waals surface area contributed by atoms with Gasteiger partial charge in [0.25, 0.3) is 0 Å². The molecular weight excluding hydrogens is 437 g/mol. The lowest BCUT2D eigenvalue weighted by Crippen LogP contribution is -2.23. The molecule has 4 rings (SSSR count). The molecule has 0 spiro atoms. The lowest BCUT2D eigenvalue weighted by atomic mass is 10.1. The van der Waals surface area contributed by atoms with Gasteiger partial charge in [0.2, 0.25) is 11.7 Å². The molecule has 0 saturated heterocycles. The largest absolute Gasteiger partial charge is 0.493 e. The first-order chi connectivity index (χ1) is 15.3. The molecular formula is C24H23F3N2O2S. The molecule has 1 aliphatic rings. The van der Waals surface area contributed by atoms with Crippen molar-refractivity contribution < 1.29 is 22.7 Å². The van der Waals surface area contributed by atoms with Crippen molar-refractivity contribution in [2.75, 3.05) is 12.4 Å². The van der Waals surface area contributed by atoms with Gasteiger partial charge in [-0.2, -0.15) is 4.39 Å². The van der Waals surface area contributed by atoms with Gasteiger partial charge >= 0.3 is 0 Å². The zero-order chi connectivity index (χ0) is 23.3. The number of anilines is 1. The van der Waals surface area contributed by atoms with Gasteiger partial charge in [-0.25, -0.2) is 8.78 Å². The number of fused-ring (bicyclic) bond motifs is 1. The number of rotatable bonds is 4. The van der Waals surface area contributed by atoms with Crippen molar-refractivity contribution in [1.82, 2.24) is 0 Å². The molecule has 3 aromatic carbocycles. The minimum absolute atomic E-state index is 0.0231. The summed E-state index contributed by atoms with van der Waals surface area (Å²) in [5, 5.41) is 8.42. The van der Waals surface area contributed by atoms with Gasteiger partial charge in [-0.05, 0) is 84.8 Å². The summed E-state index contributed by atoms with van der Waals surface area (Å²) in [4.78, 5) is 13.2. The van der Waals surface area contributed by atoms with Crippen molar-refractivity contribution in [2.24, 2.45) is 11.1 Å². The van der Waals surface area contributed by atoms with Crippen molar-refractivity contribution >= 4 is 23.5 Å². The first-order valence-electron chi connectivity index (χ1n) is 9.86. The molecule has 0 fully saturated rings. The van der Waals surface area contributed by atoms with Crippen molar-refractivity contribution in [3.63, 3.8) is 0 Å². The summed E-state index contributed by atoms with van der Waals surface area (Å²) in [5.41, 5.74) is 3.31. The maximum atomic E-state index is 13.2. The van der Waals surface area contributed by atoms with Gasteiger partial charge in [-0.3, -0.25) is 9.93 Å². The van der Waals surface area contributed by atoms with Crippen LogP contribution in [0.25, 0.3) is 0 Å². The third-order valence-corrected chi connectivity index (χ3v) is 5.69. The van der Waals surface area contributed by atoms with Crippen molar-refractivity contribution in [2.45, 2.75) is 24.7 Å². The Bertz CT molecular complexity index is 1120.